The summed E-state index contributed by atoms with van der Waals surface area (Å²) in [4.78, 5) is 36.0. The van der Waals surface area contributed by atoms with Crippen molar-refractivity contribution in [3.05, 3.63) is 28.8 Å². The molecule has 0 unspecified atom stereocenters. The number of carbonyl (C=O) groups is 3. The van der Waals surface area contributed by atoms with Gasteiger partial charge in [0.25, 0.3) is 0 Å². The van der Waals surface area contributed by atoms with Gasteiger partial charge in [0.15, 0.2) is 23.3 Å². The first-order valence-electron chi connectivity index (χ1n) is 9.88. The van der Waals surface area contributed by atoms with Crippen LogP contribution in [-0.2, 0) is 25.2 Å². The summed E-state index contributed by atoms with van der Waals surface area (Å²) in [6.07, 6.45) is -7.56. The molecule has 192 valence electrons. The molecule has 34 heavy (non-hydrogen) atoms. The highest BCUT2D eigenvalue weighted by Gasteiger charge is 2.42. The first kappa shape index (κ1) is 29.0. The Hall–Kier alpha value is -3.06. The van der Waals surface area contributed by atoms with Crippen LogP contribution in [-0.4, -0.2) is 36.2 Å². The second kappa shape index (κ2) is 11.4. The summed E-state index contributed by atoms with van der Waals surface area (Å²) in [5.41, 5.74) is -5.65. The van der Waals surface area contributed by atoms with Crippen LogP contribution in [0.5, 0.6) is 0 Å². The van der Waals surface area contributed by atoms with E-state index in [4.69, 9.17) is 9.47 Å². The van der Waals surface area contributed by atoms with Gasteiger partial charge in [-0.1, -0.05) is 0 Å². The van der Waals surface area contributed by atoms with E-state index in [-0.39, 0.29) is 25.9 Å². The summed E-state index contributed by atoms with van der Waals surface area (Å²) >= 11 is 0. The Kier molecular flexibility index (Phi) is 9.70. The van der Waals surface area contributed by atoms with E-state index >= 15 is 0 Å². The number of halogens is 7. The molecule has 0 aliphatic rings. The van der Waals surface area contributed by atoms with Crippen molar-refractivity contribution in [3.8, 4) is 0 Å². The average Bonchev–Trinajstić information content (AvgIpc) is 2.66. The molecule has 0 spiro atoms. The lowest BCUT2D eigenvalue weighted by molar-refractivity contribution is -0.144. The molecule has 0 aliphatic heterocycles. The topological polar surface area (TPSA) is 93.7 Å². The molecular formula is C20H23F7N2O5. The lowest BCUT2D eigenvalue weighted by Crippen LogP contribution is -2.46. The summed E-state index contributed by atoms with van der Waals surface area (Å²) in [6, 6.07) is -1.66. The Morgan fingerprint density at radius 3 is 1.91 bits per heavy atom. The van der Waals surface area contributed by atoms with E-state index in [0.717, 1.165) is 0 Å². The Balaban J connectivity index is 3.20. The second-order valence-electron chi connectivity index (χ2n) is 7.89. The number of alkyl carbamates (subject to hydrolysis) is 1. The Morgan fingerprint density at radius 1 is 0.941 bits per heavy atom. The largest absolute Gasteiger partial charge is 0.466 e. The summed E-state index contributed by atoms with van der Waals surface area (Å²) in [5.74, 6) is -12.6. The zero-order valence-corrected chi connectivity index (χ0v) is 18.6. The van der Waals surface area contributed by atoms with Crippen molar-refractivity contribution in [3.63, 3.8) is 0 Å². The van der Waals surface area contributed by atoms with Crippen LogP contribution in [0.1, 0.15) is 52.5 Å². The van der Waals surface area contributed by atoms with Crippen LogP contribution in [0.2, 0.25) is 0 Å². The Bertz CT molecular complexity index is 900. The average molecular weight is 504 g/mol. The van der Waals surface area contributed by atoms with Gasteiger partial charge in [-0.15, -0.1) is 0 Å². The van der Waals surface area contributed by atoms with Gasteiger partial charge >= 0.3 is 18.2 Å². The Morgan fingerprint density at radius 2 is 1.47 bits per heavy atom. The quantitative estimate of drug-likeness (QED) is 0.301. The number of esters is 1. The van der Waals surface area contributed by atoms with Gasteiger partial charge in [-0.2, -0.15) is 13.2 Å². The SMILES string of the molecule is CCOC(=O)CCC[C@H](NC(=O)OC(C)(C)C)C(=O)Nc1c(F)c(F)c(C(F)(F)F)c(F)c1F. The van der Waals surface area contributed by atoms with Gasteiger partial charge < -0.3 is 20.1 Å². The third kappa shape index (κ3) is 8.06. The molecule has 0 bridgehead atoms. The van der Waals surface area contributed by atoms with Gasteiger partial charge in [0, 0.05) is 6.42 Å². The number of ether oxygens (including phenoxy) is 2. The van der Waals surface area contributed by atoms with Gasteiger partial charge in [-0.05, 0) is 40.5 Å². The molecule has 0 aliphatic carbocycles. The standard InChI is InChI=1S/C20H23F7N2O5/c1-5-33-10(30)8-6-7-9(28-18(32)34-19(2,3)4)17(31)29-16-14(23)12(21)11(20(25,26)27)13(22)15(16)24/h9H,5-8H2,1-4H3,(H,28,32)(H,29,31)/t9-/m0/s1. The van der Waals surface area contributed by atoms with Crippen molar-refractivity contribution in [1.29, 1.82) is 0 Å². The maximum Gasteiger partial charge on any atom is 0.422 e. The maximum atomic E-state index is 14.1. The third-order valence-electron chi connectivity index (χ3n) is 3.98. The third-order valence-corrected chi connectivity index (χ3v) is 3.98. The summed E-state index contributed by atoms with van der Waals surface area (Å²) < 4.78 is 104. The molecule has 0 heterocycles. The number of rotatable bonds is 8. The number of amides is 2. The fourth-order valence-corrected chi connectivity index (χ4v) is 2.60. The molecule has 0 saturated heterocycles. The van der Waals surface area contributed by atoms with Crippen LogP contribution in [0.3, 0.4) is 0 Å². The van der Waals surface area contributed by atoms with Crippen molar-refractivity contribution in [2.75, 3.05) is 11.9 Å². The zero-order chi connectivity index (χ0) is 26.4. The van der Waals surface area contributed by atoms with Crippen LogP contribution in [0.25, 0.3) is 0 Å². The molecule has 14 heteroatoms. The predicted molar refractivity (Wildman–Crippen MR) is 104 cm³/mol. The predicted octanol–water partition coefficient (Wildman–Crippen LogP) is 4.83. The van der Waals surface area contributed by atoms with Crippen LogP contribution >= 0.6 is 0 Å². The van der Waals surface area contributed by atoms with Gasteiger partial charge in [-0.25, -0.2) is 22.4 Å². The molecule has 0 radical (unpaired) electrons. The van der Waals surface area contributed by atoms with E-state index in [1.54, 1.807) is 6.92 Å². The van der Waals surface area contributed by atoms with E-state index in [1.165, 1.54) is 26.1 Å². The van der Waals surface area contributed by atoms with Crippen molar-refractivity contribution in [2.45, 2.75) is 64.8 Å². The molecule has 0 saturated carbocycles. The van der Waals surface area contributed by atoms with Crippen LogP contribution < -0.4 is 10.6 Å². The van der Waals surface area contributed by atoms with Crippen molar-refractivity contribution < 1.29 is 54.6 Å². The smallest absolute Gasteiger partial charge is 0.422 e. The molecule has 1 aromatic rings. The fraction of sp³-hybridized carbons (Fsp3) is 0.550. The van der Waals surface area contributed by atoms with Crippen LogP contribution in [0, 0.1) is 23.3 Å². The van der Waals surface area contributed by atoms with Crippen molar-refractivity contribution >= 4 is 23.7 Å². The molecular weight excluding hydrogens is 481 g/mol. The summed E-state index contributed by atoms with van der Waals surface area (Å²) in [6.45, 7) is 6.08. The van der Waals surface area contributed by atoms with Gasteiger partial charge in [-0.3, -0.25) is 9.59 Å². The van der Waals surface area contributed by atoms with E-state index in [0.29, 0.717) is 0 Å². The minimum absolute atomic E-state index is 0.0719. The second-order valence-corrected chi connectivity index (χ2v) is 7.89. The molecule has 0 fully saturated rings. The van der Waals surface area contributed by atoms with Crippen LogP contribution in [0.4, 0.5) is 41.2 Å². The van der Waals surface area contributed by atoms with Crippen molar-refractivity contribution in [1.82, 2.24) is 5.32 Å². The minimum Gasteiger partial charge on any atom is -0.466 e. The number of hydrogen-bond donors (Lipinski definition) is 2. The first-order chi connectivity index (χ1) is 15.5. The molecule has 0 aromatic heterocycles. The highest BCUT2D eigenvalue weighted by Crippen LogP contribution is 2.38. The normalized spacial score (nSPS) is 12.7. The number of anilines is 1. The number of benzene rings is 1. The van der Waals surface area contributed by atoms with E-state index in [1.807, 2.05) is 0 Å². The van der Waals surface area contributed by atoms with Gasteiger partial charge in [0.1, 0.15) is 22.9 Å². The minimum atomic E-state index is -5.76. The molecule has 1 atom stereocenters. The zero-order valence-electron chi connectivity index (χ0n) is 18.6. The first-order valence-corrected chi connectivity index (χ1v) is 9.88. The molecule has 1 aromatic carbocycles. The molecule has 1 rings (SSSR count). The van der Waals surface area contributed by atoms with Gasteiger partial charge in [0.2, 0.25) is 5.91 Å². The number of carbonyl (C=O) groups excluding carboxylic acids is 3. The molecule has 2 amide bonds. The monoisotopic (exact) mass is 504 g/mol. The highest BCUT2D eigenvalue weighted by molar-refractivity contribution is 5.96. The fourth-order valence-electron chi connectivity index (χ4n) is 2.60. The van der Waals surface area contributed by atoms with Crippen LogP contribution in [0.15, 0.2) is 0 Å². The van der Waals surface area contributed by atoms with E-state index in [2.05, 4.69) is 5.32 Å². The Labute approximate surface area is 190 Å². The van der Waals surface area contributed by atoms with E-state index in [9.17, 15) is 45.1 Å². The summed E-state index contributed by atoms with van der Waals surface area (Å²) in [7, 11) is 0. The lowest BCUT2D eigenvalue weighted by atomic mass is 10.1. The molecule has 7 nitrogen and oxygen atoms in total. The number of nitrogens with one attached hydrogen (secondary N) is 2. The van der Waals surface area contributed by atoms with Crippen molar-refractivity contribution in [2.24, 2.45) is 0 Å². The molecule has 2 N–H and O–H groups in total. The number of hydrogen-bond acceptors (Lipinski definition) is 5. The van der Waals surface area contributed by atoms with E-state index < -0.39 is 70.3 Å². The highest BCUT2D eigenvalue weighted by atomic mass is 19.4. The number of alkyl halides is 3. The van der Waals surface area contributed by atoms with Gasteiger partial charge in [0.05, 0.1) is 6.61 Å². The lowest BCUT2D eigenvalue weighted by Gasteiger charge is -2.23. The maximum absolute atomic E-state index is 14.1. The summed E-state index contributed by atoms with van der Waals surface area (Å²) in [5, 5.41) is 3.51.